The van der Waals surface area contributed by atoms with Gasteiger partial charge in [-0.05, 0) is 86.3 Å². The summed E-state index contributed by atoms with van der Waals surface area (Å²) in [7, 11) is 6.43. The van der Waals surface area contributed by atoms with Crippen LogP contribution in [0.4, 0.5) is 5.69 Å². The van der Waals surface area contributed by atoms with Crippen LogP contribution in [0.25, 0.3) is 0 Å². The van der Waals surface area contributed by atoms with Crippen LogP contribution < -0.4 is 24.3 Å². The molecule has 1 N–H and O–H groups in total. The second-order valence-electron chi connectivity index (χ2n) is 9.43. The summed E-state index contributed by atoms with van der Waals surface area (Å²) in [6, 6.07) is 17.4. The Morgan fingerprint density at radius 2 is 1.27 bits per heavy atom. The van der Waals surface area contributed by atoms with Gasteiger partial charge in [0.1, 0.15) is 0 Å². The Labute approximate surface area is 241 Å². The first-order valence-corrected chi connectivity index (χ1v) is 13.6. The van der Waals surface area contributed by atoms with E-state index in [-0.39, 0.29) is 11.6 Å². The molecule has 3 aromatic carbocycles. The lowest BCUT2D eigenvalue weighted by molar-refractivity contribution is -0.384. The maximum absolute atomic E-state index is 13.4. The van der Waals surface area contributed by atoms with Crippen LogP contribution in [0, 0.1) is 10.1 Å². The number of aryl methyl sites for hydroxylation is 1. The number of rotatable bonds is 17. The van der Waals surface area contributed by atoms with Crippen LogP contribution in [-0.2, 0) is 12.8 Å². The molecule has 1 amide bonds. The molecule has 0 radical (unpaired) electrons. The molecule has 3 rings (SSSR count). The van der Waals surface area contributed by atoms with Crippen LogP contribution >= 0.6 is 0 Å². The van der Waals surface area contributed by atoms with Gasteiger partial charge >= 0.3 is 0 Å². The van der Waals surface area contributed by atoms with Crippen molar-refractivity contribution in [1.82, 2.24) is 10.2 Å². The molecule has 41 heavy (non-hydrogen) atoms. The number of hydrogen-bond acceptors (Lipinski definition) is 8. The Hall–Kier alpha value is -4.31. The Morgan fingerprint density at radius 3 is 1.80 bits per heavy atom. The fourth-order valence-electron chi connectivity index (χ4n) is 4.50. The molecule has 0 spiro atoms. The van der Waals surface area contributed by atoms with Crippen LogP contribution in [0.15, 0.2) is 60.7 Å². The van der Waals surface area contributed by atoms with Crippen LogP contribution in [0.5, 0.6) is 23.0 Å². The Morgan fingerprint density at radius 1 is 0.732 bits per heavy atom. The predicted molar refractivity (Wildman–Crippen MR) is 158 cm³/mol. The molecule has 220 valence electrons. The average molecular weight is 566 g/mol. The van der Waals surface area contributed by atoms with Crippen LogP contribution in [0.1, 0.15) is 34.3 Å². The predicted octanol–water partition coefficient (Wildman–Crippen LogP) is 4.93. The zero-order valence-electron chi connectivity index (χ0n) is 24.2. The fraction of sp³-hybridized carbons (Fsp3) is 0.387. The summed E-state index contributed by atoms with van der Waals surface area (Å²) >= 11 is 0. The number of carbonyl (C=O) groups excluding carboxylic acids is 1. The Bertz CT molecular complexity index is 1280. The molecule has 0 aliphatic heterocycles. The highest BCUT2D eigenvalue weighted by Crippen LogP contribution is 2.29. The fourth-order valence-corrected chi connectivity index (χ4v) is 4.50. The number of amides is 1. The van der Waals surface area contributed by atoms with Crippen molar-refractivity contribution in [2.75, 3.05) is 54.6 Å². The number of nitrogens with one attached hydrogen (secondary N) is 1. The minimum Gasteiger partial charge on any atom is -0.493 e. The van der Waals surface area contributed by atoms with Gasteiger partial charge in [-0.3, -0.25) is 14.9 Å². The second-order valence-corrected chi connectivity index (χ2v) is 9.43. The lowest BCUT2D eigenvalue weighted by Crippen LogP contribution is -2.35. The van der Waals surface area contributed by atoms with Crippen molar-refractivity contribution in [3.8, 4) is 23.0 Å². The number of ether oxygens (including phenoxy) is 4. The van der Waals surface area contributed by atoms with Crippen molar-refractivity contribution < 1.29 is 28.7 Å². The molecule has 10 heteroatoms. The van der Waals surface area contributed by atoms with Gasteiger partial charge in [0, 0.05) is 30.8 Å². The number of nitrogens with zero attached hydrogens (tertiary/aromatic N) is 2. The van der Waals surface area contributed by atoms with Crippen LogP contribution in [0.3, 0.4) is 0 Å². The summed E-state index contributed by atoms with van der Waals surface area (Å²) in [5.74, 6) is 2.56. The molecule has 0 atom stereocenters. The first kappa shape index (κ1) is 31.2. The number of nitro benzene ring substituents is 1. The summed E-state index contributed by atoms with van der Waals surface area (Å²) in [6.07, 6.45) is 3.25. The van der Waals surface area contributed by atoms with Crippen LogP contribution in [-0.4, -0.2) is 70.3 Å². The third-order valence-corrected chi connectivity index (χ3v) is 6.78. The normalized spacial score (nSPS) is 10.6. The molecular formula is C31H39N3O7. The summed E-state index contributed by atoms with van der Waals surface area (Å²) < 4.78 is 21.4. The topological polar surface area (TPSA) is 112 Å². The highest BCUT2D eigenvalue weighted by Gasteiger charge is 2.17. The molecule has 0 saturated carbocycles. The van der Waals surface area contributed by atoms with E-state index in [0.717, 1.165) is 43.7 Å². The molecule has 3 aromatic rings. The van der Waals surface area contributed by atoms with Gasteiger partial charge in [-0.25, -0.2) is 0 Å². The van der Waals surface area contributed by atoms with E-state index in [1.165, 1.54) is 29.8 Å². The summed E-state index contributed by atoms with van der Waals surface area (Å²) in [5.41, 5.74) is 2.57. The molecule has 0 bridgehead atoms. The van der Waals surface area contributed by atoms with Gasteiger partial charge < -0.3 is 29.2 Å². The van der Waals surface area contributed by atoms with Gasteiger partial charge in [0.15, 0.2) is 23.0 Å². The van der Waals surface area contributed by atoms with E-state index in [1.807, 2.05) is 36.4 Å². The summed E-state index contributed by atoms with van der Waals surface area (Å²) in [6.45, 7) is 2.64. The lowest BCUT2D eigenvalue weighted by atomic mass is 10.1. The quantitative estimate of drug-likeness (QED) is 0.139. The molecule has 0 heterocycles. The van der Waals surface area contributed by atoms with Gasteiger partial charge in [0.25, 0.3) is 11.6 Å². The van der Waals surface area contributed by atoms with E-state index in [2.05, 4.69) is 5.32 Å². The van der Waals surface area contributed by atoms with E-state index in [9.17, 15) is 14.9 Å². The molecule has 0 aromatic heterocycles. The van der Waals surface area contributed by atoms with Crippen molar-refractivity contribution in [1.29, 1.82) is 0 Å². The Balaban J connectivity index is 1.54. The minimum absolute atomic E-state index is 0.0456. The number of nitro groups is 1. The van der Waals surface area contributed by atoms with Gasteiger partial charge in [-0.2, -0.15) is 0 Å². The van der Waals surface area contributed by atoms with E-state index in [1.54, 1.807) is 33.3 Å². The average Bonchev–Trinajstić information content (AvgIpc) is 3.01. The number of methoxy groups -OCH3 is 4. The molecule has 10 nitrogen and oxygen atoms in total. The van der Waals surface area contributed by atoms with Gasteiger partial charge in [-0.1, -0.05) is 12.1 Å². The van der Waals surface area contributed by atoms with Gasteiger partial charge in [0.2, 0.25) is 0 Å². The molecular weight excluding hydrogens is 526 g/mol. The highest BCUT2D eigenvalue weighted by atomic mass is 16.6. The molecule has 0 unspecified atom stereocenters. The number of benzene rings is 3. The zero-order valence-corrected chi connectivity index (χ0v) is 24.2. The van der Waals surface area contributed by atoms with E-state index < -0.39 is 4.92 Å². The second kappa shape index (κ2) is 16.1. The number of hydrogen-bond donors (Lipinski definition) is 1. The third-order valence-electron chi connectivity index (χ3n) is 6.78. The standard InChI is InChI=1S/C31H39N3O7/c1-38-27-14-8-23(21-29(27)40-3)7-5-17-32-18-6-19-33(31(35)25-10-12-26(13-11-25)34(36)37)20-16-24-9-15-28(39-2)30(22-24)41-4/h8-15,21-22,32H,5-7,16-20H2,1-4H3. The van der Waals surface area contributed by atoms with Gasteiger partial charge in [0.05, 0.1) is 33.4 Å². The summed E-state index contributed by atoms with van der Waals surface area (Å²) in [5, 5.41) is 14.5. The number of non-ortho nitro benzene ring substituents is 1. The van der Waals surface area contributed by atoms with Crippen molar-refractivity contribution in [2.24, 2.45) is 0 Å². The third kappa shape index (κ3) is 9.11. The van der Waals surface area contributed by atoms with Crippen molar-refractivity contribution in [3.63, 3.8) is 0 Å². The Kier molecular flexibility index (Phi) is 12.2. The maximum Gasteiger partial charge on any atom is 0.269 e. The molecule has 0 aliphatic rings. The zero-order chi connectivity index (χ0) is 29.6. The molecule has 0 saturated heterocycles. The molecule has 0 fully saturated rings. The molecule has 0 aliphatic carbocycles. The SMILES string of the molecule is COc1ccc(CCCNCCCN(CCc2ccc(OC)c(OC)c2)C(=O)c2ccc([N+](=O)[O-])cc2)cc1OC. The first-order valence-electron chi connectivity index (χ1n) is 13.6. The maximum atomic E-state index is 13.4. The van der Waals surface area contributed by atoms with Crippen molar-refractivity contribution in [3.05, 3.63) is 87.5 Å². The first-order chi connectivity index (χ1) is 19.9. The van der Waals surface area contributed by atoms with Gasteiger partial charge in [-0.15, -0.1) is 0 Å². The monoisotopic (exact) mass is 565 g/mol. The largest absolute Gasteiger partial charge is 0.493 e. The smallest absolute Gasteiger partial charge is 0.269 e. The van der Waals surface area contributed by atoms with E-state index in [0.29, 0.717) is 42.3 Å². The minimum atomic E-state index is -0.472. The number of carbonyl (C=O) groups is 1. The highest BCUT2D eigenvalue weighted by molar-refractivity contribution is 5.94. The summed E-state index contributed by atoms with van der Waals surface area (Å²) in [4.78, 5) is 25.7. The van der Waals surface area contributed by atoms with E-state index >= 15 is 0 Å². The van der Waals surface area contributed by atoms with Crippen molar-refractivity contribution >= 4 is 11.6 Å². The van der Waals surface area contributed by atoms with E-state index in [4.69, 9.17) is 18.9 Å². The lowest BCUT2D eigenvalue weighted by Gasteiger charge is -2.23. The van der Waals surface area contributed by atoms with Crippen LogP contribution in [0.2, 0.25) is 0 Å². The van der Waals surface area contributed by atoms with Crippen molar-refractivity contribution in [2.45, 2.75) is 25.7 Å².